The summed E-state index contributed by atoms with van der Waals surface area (Å²) in [5.74, 6) is -4.93. The summed E-state index contributed by atoms with van der Waals surface area (Å²) in [5, 5.41) is 36.6. The molecule has 27 heavy (non-hydrogen) atoms. The van der Waals surface area contributed by atoms with Gasteiger partial charge in [0, 0.05) is 0 Å². The van der Waals surface area contributed by atoms with Crippen LogP contribution in [0, 0.1) is 0 Å². The monoisotopic (exact) mass is 401 g/mol. The number of rotatable bonds is 5. The summed E-state index contributed by atoms with van der Waals surface area (Å²) in [5.41, 5.74) is 4.54. The number of hydrogen-bond donors (Lipinski definition) is 1. The van der Waals surface area contributed by atoms with Crippen molar-refractivity contribution in [1.82, 2.24) is 0 Å². The molecule has 0 atom stereocenters. The van der Waals surface area contributed by atoms with E-state index in [0.717, 1.165) is 24.3 Å². The number of carboxylic acids is 4. The Balaban J connectivity index is -0.0000000507. The fourth-order valence-corrected chi connectivity index (χ4v) is 0.142. The Bertz CT molecular complexity index is 417. The molecule has 0 saturated heterocycles. The van der Waals surface area contributed by atoms with Crippen molar-refractivity contribution in [3.8, 4) is 0 Å². The van der Waals surface area contributed by atoms with Crippen LogP contribution in [0.1, 0.15) is 6.92 Å². The van der Waals surface area contributed by atoms with E-state index >= 15 is 0 Å². The molecule has 0 radical (unpaired) electrons. The number of primary amides is 1. The molecule has 0 aliphatic carbocycles. The number of nitrogens with two attached hydrogens (primary N) is 1. The molecule has 1 amide bonds. The van der Waals surface area contributed by atoms with E-state index < -0.39 is 30.0 Å². The zero-order valence-electron chi connectivity index (χ0n) is 14.5. The van der Waals surface area contributed by atoms with E-state index in [4.69, 9.17) is 39.6 Å². The van der Waals surface area contributed by atoms with E-state index in [1.165, 1.54) is 0 Å². The summed E-state index contributed by atoms with van der Waals surface area (Å²) in [6.07, 6.45) is 2.18. The van der Waals surface area contributed by atoms with Gasteiger partial charge in [-0.05, 0) is 31.2 Å². The minimum absolute atomic E-state index is 0. The molecule has 0 spiro atoms. The van der Waals surface area contributed by atoms with Crippen LogP contribution in [0.25, 0.3) is 0 Å². The zero-order valence-corrected chi connectivity index (χ0v) is 15.5. The average molecular weight is 401 g/mol. The van der Waals surface area contributed by atoms with Crippen LogP contribution in [0.4, 0.5) is 4.79 Å². The first-order chi connectivity index (χ1) is 11.9. The van der Waals surface area contributed by atoms with Gasteiger partial charge in [-0.15, -0.1) is 0 Å². The first-order valence-corrected chi connectivity index (χ1v) is 6.11. The molecule has 0 fully saturated rings. The molecule has 12 heteroatoms. The molecule has 0 aliphatic rings. The predicted octanol–water partition coefficient (Wildman–Crippen LogP) is -4.59. The molecule has 0 unspecified atom stereocenters. The summed E-state index contributed by atoms with van der Waals surface area (Å²) in [6.45, 7) is 13.6. The Morgan fingerprint density at radius 3 is 0.889 bits per heavy atom. The van der Waals surface area contributed by atoms with E-state index in [9.17, 15) is 4.79 Å². The predicted molar refractivity (Wildman–Crippen MR) is 87.8 cm³/mol. The second kappa shape index (κ2) is 33.8. The van der Waals surface area contributed by atoms with Gasteiger partial charge in [-0.2, -0.15) is 0 Å². The molecular weight excluding hydrogens is 382 g/mol. The van der Waals surface area contributed by atoms with Crippen molar-refractivity contribution < 1.29 is 49.1 Å². The van der Waals surface area contributed by atoms with Gasteiger partial charge < -0.3 is 50.1 Å². The van der Waals surface area contributed by atoms with Gasteiger partial charge in [0.25, 0.3) is 0 Å². The molecular formula is C15H19NO10Si. The fourth-order valence-electron chi connectivity index (χ4n) is 0.142. The number of aliphatic carboxylic acids is 4. The van der Waals surface area contributed by atoms with Crippen LogP contribution in [0.15, 0.2) is 50.6 Å². The minimum Gasteiger partial charge on any atom is -0.545 e. The van der Waals surface area contributed by atoms with E-state index in [2.05, 4.69) is 36.8 Å². The largest absolute Gasteiger partial charge is 4.00 e. The Hall–Kier alpha value is -3.67. The zero-order chi connectivity index (χ0) is 22.1. The third-order valence-corrected chi connectivity index (χ3v) is 0.953. The smallest absolute Gasteiger partial charge is 0.545 e. The maximum Gasteiger partial charge on any atom is 4.00 e. The van der Waals surface area contributed by atoms with Crippen LogP contribution < -0.4 is 26.2 Å². The normalized spacial score (nSPS) is 6.41. The molecule has 0 aromatic rings. The second-order valence-electron chi connectivity index (χ2n) is 2.84. The van der Waals surface area contributed by atoms with Crippen molar-refractivity contribution >= 4 is 40.9 Å². The van der Waals surface area contributed by atoms with E-state index in [1.54, 1.807) is 6.92 Å². The number of amides is 1. The maximum atomic E-state index is 9.60. The van der Waals surface area contributed by atoms with Gasteiger partial charge in [-0.1, -0.05) is 26.3 Å². The standard InChI is InChI=1S/C3H7NO2.4C3H4O2.Si/c1-2-6-3(4)5;4*1-2-3(4)5;/h2H2,1H3,(H2,4,5);4*2H,1H2,(H,4,5);/q;;;;;+4/p-4. The number of hydrogen-bond acceptors (Lipinski definition) is 10. The third-order valence-electron chi connectivity index (χ3n) is 0.953. The van der Waals surface area contributed by atoms with E-state index in [-0.39, 0.29) is 11.0 Å². The Morgan fingerprint density at radius 1 is 0.741 bits per heavy atom. The van der Waals surface area contributed by atoms with Crippen LogP contribution in [-0.4, -0.2) is 47.5 Å². The molecule has 0 aliphatic heterocycles. The van der Waals surface area contributed by atoms with Gasteiger partial charge >= 0.3 is 17.1 Å². The van der Waals surface area contributed by atoms with Crippen molar-refractivity contribution in [2.24, 2.45) is 5.73 Å². The average Bonchev–Trinajstić information content (AvgIpc) is 2.56. The molecule has 0 saturated carbocycles. The third kappa shape index (κ3) is 172. The molecule has 11 nitrogen and oxygen atoms in total. The Kier molecular flexibility index (Phi) is 48.5. The summed E-state index contributed by atoms with van der Waals surface area (Å²) in [7, 11) is 0. The number of ether oxygens (including phenoxy) is 1. The molecule has 2 N–H and O–H groups in total. The van der Waals surface area contributed by atoms with Crippen LogP contribution >= 0.6 is 0 Å². The number of carbonyl (C=O) groups excluding carboxylic acids is 5. The number of carboxylic acid groups (broad SMARTS) is 4. The molecule has 0 bridgehead atoms. The van der Waals surface area contributed by atoms with Gasteiger partial charge in [0.15, 0.2) is 0 Å². The minimum atomic E-state index is -1.23. The van der Waals surface area contributed by atoms with Gasteiger partial charge in [-0.25, -0.2) is 4.79 Å². The van der Waals surface area contributed by atoms with Crippen LogP contribution in [0.5, 0.6) is 0 Å². The maximum absolute atomic E-state index is 9.60. The van der Waals surface area contributed by atoms with Gasteiger partial charge in [0.05, 0.1) is 30.5 Å². The first kappa shape index (κ1) is 38.7. The first-order valence-electron chi connectivity index (χ1n) is 6.11. The second-order valence-corrected chi connectivity index (χ2v) is 2.84. The van der Waals surface area contributed by atoms with Crippen molar-refractivity contribution in [3.05, 3.63) is 50.6 Å². The quantitative estimate of drug-likeness (QED) is 0.343. The Morgan fingerprint density at radius 2 is 0.889 bits per heavy atom. The summed E-state index contributed by atoms with van der Waals surface area (Å²) in [6, 6.07) is 0. The fraction of sp³-hybridized carbons (Fsp3) is 0.133. The van der Waals surface area contributed by atoms with Crippen LogP contribution in [0.3, 0.4) is 0 Å². The number of carbonyl (C=O) groups is 5. The SMILES string of the molecule is C=CC(=O)[O-].C=CC(=O)[O-].C=CC(=O)[O-].C=CC(=O)[O-].CCOC(N)=O.[Si+4]. The van der Waals surface area contributed by atoms with Gasteiger partial charge in [-0.3, -0.25) is 0 Å². The summed E-state index contributed by atoms with van der Waals surface area (Å²) < 4.78 is 4.18. The van der Waals surface area contributed by atoms with Crippen molar-refractivity contribution in [1.29, 1.82) is 0 Å². The molecule has 0 aromatic heterocycles. The molecule has 0 rings (SSSR count). The van der Waals surface area contributed by atoms with Crippen molar-refractivity contribution in [2.75, 3.05) is 6.61 Å². The van der Waals surface area contributed by atoms with Crippen LogP contribution in [0.2, 0.25) is 0 Å². The summed E-state index contributed by atoms with van der Waals surface area (Å²) >= 11 is 0. The topological polar surface area (TPSA) is 213 Å². The summed E-state index contributed by atoms with van der Waals surface area (Å²) in [4.78, 5) is 46.2. The van der Waals surface area contributed by atoms with Crippen molar-refractivity contribution in [3.63, 3.8) is 0 Å². The molecule has 148 valence electrons. The van der Waals surface area contributed by atoms with Crippen molar-refractivity contribution in [2.45, 2.75) is 6.92 Å². The molecule has 0 aromatic carbocycles. The van der Waals surface area contributed by atoms with Gasteiger partial charge in [0.2, 0.25) is 0 Å². The van der Waals surface area contributed by atoms with E-state index in [0.29, 0.717) is 6.61 Å². The van der Waals surface area contributed by atoms with Gasteiger partial charge in [0.1, 0.15) is 0 Å². The molecule has 0 heterocycles. The van der Waals surface area contributed by atoms with E-state index in [1.807, 2.05) is 0 Å². The Labute approximate surface area is 160 Å². The van der Waals surface area contributed by atoms with Crippen LogP contribution in [-0.2, 0) is 23.9 Å².